The molecule has 1 heterocycles. The molecular weight excluding hydrogens is 204 g/mol. The number of rotatable bonds is 7. The molecule has 1 aliphatic rings. The molecule has 0 saturated carbocycles. The Morgan fingerprint density at radius 1 is 1.12 bits per heavy atom. The Morgan fingerprint density at radius 2 is 1.75 bits per heavy atom. The maximum Gasteiger partial charge on any atom is 0.169 e. The van der Waals surface area contributed by atoms with Gasteiger partial charge >= 0.3 is 0 Å². The van der Waals surface area contributed by atoms with Crippen LogP contribution in [0.1, 0.15) is 26.2 Å². The van der Waals surface area contributed by atoms with Gasteiger partial charge in [0.15, 0.2) is 6.29 Å². The molecule has 1 aliphatic heterocycles. The molecule has 0 spiro atoms. The van der Waals surface area contributed by atoms with Gasteiger partial charge < -0.3 is 19.7 Å². The first-order chi connectivity index (χ1) is 7.76. The first kappa shape index (κ1) is 13.9. The molecular formula is C12H26N2O2. The van der Waals surface area contributed by atoms with Crippen LogP contribution >= 0.6 is 0 Å². The molecule has 0 radical (unpaired) electrons. The van der Waals surface area contributed by atoms with Crippen LogP contribution in [0.2, 0.25) is 0 Å². The van der Waals surface area contributed by atoms with E-state index in [1.54, 1.807) is 14.2 Å². The summed E-state index contributed by atoms with van der Waals surface area (Å²) < 4.78 is 10.3. The Morgan fingerprint density at radius 3 is 2.31 bits per heavy atom. The van der Waals surface area contributed by atoms with E-state index in [2.05, 4.69) is 17.1 Å². The quantitative estimate of drug-likeness (QED) is 0.663. The van der Waals surface area contributed by atoms with Gasteiger partial charge in [0.25, 0.3) is 0 Å². The highest BCUT2D eigenvalue weighted by Gasteiger charge is 2.14. The van der Waals surface area contributed by atoms with Crippen molar-refractivity contribution in [3.63, 3.8) is 0 Å². The van der Waals surface area contributed by atoms with Crippen LogP contribution in [0.25, 0.3) is 0 Å². The number of nitrogens with zero attached hydrogens (tertiary/aromatic N) is 1. The van der Waals surface area contributed by atoms with Crippen LogP contribution in [-0.4, -0.2) is 57.6 Å². The van der Waals surface area contributed by atoms with Crippen LogP contribution in [0.3, 0.4) is 0 Å². The average molecular weight is 230 g/mol. The summed E-state index contributed by atoms with van der Waals surface area (Å²) in [6.45, 7) is 6.60. The van der Waals surface area contributed by atoms with E-state index in [0.717, 1.165) is 13.1 Å². The van der Waals surface area contributed by atoms with Gasteiger partial charge in [0, 0.05) is 33.4 Å². The van der Waals surface area contributed by atoms with Crippen LogP contribution in [0.5, 0.6) is 0 Å². The molecule has 4 heteroatoms. The number of hydrogen-bond donors (Lipinski definition) is 1. The third-order valence-electron chi connectivity index (χ3n) is 3.14. The van der Waals surface area contributed by atoms with Crippen LogP contribution in [-0.2, 0) is 9.47 Å². The number of ether oxygens (including phenoxy) is 2. The molecule has 0 bridgehead atoms. The highest BCUT2D eigenvalue weighted by molar-refractivity contribution is 4.71. The lowest BCUT2D eigenvalue weighted by Crippen LogP contribution is -2.44. The van der Waals surface area contributed by atoms with E-state index in [0.29, 0.717) is 6.04 Å². The van der Waals surface area contributed by atoms with Gasteiger partial charge in [0.05, 0.1) is 0 Å². The molecule has 0 aromatic heterocycles. The normalized spacial score (nSPS) is 20.2. The van der Waals surface area contributed by atoms with Crippen molar-refractivity contribution in [2.45, 2.75) is 38.5 Å². The van der Waals surface area contributed by atoms with Crippen molar-refractivity contribution in [2.24, 2.45) is 0 Å². The zero-order chi connectivity index (χ0) is 11.8. The van der Waals surface area contributed by atoms with Crippen LogP contribution < -0.4 is 5.32 Å². The lowest BCUT2D eigenvalue weighted by atomic mass is 10.1. The zero-order valence-electron chi connectivity index (χ0n) is 10.9. The van der Waals surface area contributed by atoms with Crippen molar-refractivity contribution < 1.29 is 9.47 Å². The van der Waals surface area contributed by atoms with E-state index in [9.17, 15) is 0 Å². The lowest BCUT2D eigenvalue weighted by molar-refractivity contribution is -0.0999. The summed E-state index contributed by atoms with van der Waals surface area (Å²) in [4.78, 5) is 2.54. The van der Waals surface area contributed by atoms with Crippen LogP contribution in [0.15, 0.2) is 0 Å². The number of hydrogen-bond acceptors (Lipinski definition) is 4. The third-order valence-corrected chi connectivity index (χ3v) is 3.14. The molecule has 1 unspecified atom stereocenters. The van der Waals surface area contributed by atoms with E-state index in [1.165, 1.54) is 32.4 Å². The number of piperidine rings is 1. The highest BCUT2D eigenvalue weighted by Crippen LogP contribution is 2.08. The van der Waals surface area contributed by atoms with Gasteiger partial charge in [-0.05, 0) is 32.9 Å². The molecule has 0 amide bonds. The predicted molar refractivity (Wildman–Crippen MR) is 65.6 cm³/mol. The molecule has 1 atom stereocenters. The van der Waals surface area contributed by atoms with Crippen LogP contribution in [0.4, 0.5) is 0 Å². The van der Waals surface area contributed by atoms with Crippen molar-refractivity contribution in [2.75, 3.05) is 40.4 Å². The SMILES string of the molecule is COC(CNC(C)CN1CCCCC1)OC. The summed E-state index contributed by atoms with van der Waals surface area (Å²) in [6.07, 6.45) is 3.97. The first-order valence-corrected chi connectivity index (χ1v) is 6.27. The largest absolute Gasteiger partial charge is 0.355 e. The fourth-order valence-corrected chi connectivity index (χ4v) is 2.15. The third kappa shape index (κ3) is 5.25. The molecule has 0 aliphatic carbocycles. The summed E-state index contributed by atoms with van der Waals surface area (Å²) in [7, 11) is 3.34. The average Bonchev–Trinajstić information content (AvgIpc) is 2.31. The van der Waals surface area contributed by atoms with E-state index < -0.39 is 0 Å². The van der Waals surface area contributed by atoms with Gasteiger partial charge in [-0.1, -0.05) is 6.42 Å². The van der Waals surface area contributed by atoms with Crippen molar-refractivity contribution >= 4 is 0 Å². The minimum atomic E-state index is -0.135. The van der Waals surface area contributed by atoms with Crippen molar-refractivity contribution in [3.8, 4) is 0 Å². The Kier molecular flexibility index (Phi) is 6.96. The summed E-state index contributed by atoms with van der Waals surface area (Å²) in [5.74, 6) is 0. The Balaban J connectivity index is 2.11. The summed E-state index contributed by atoms with van der Waals surface area (Å²) in [5.41, 5.74) is 0. The lowest BCUT2D eigenvalue weighted by Gasteiger charge is -2.29. The van der Waals surface area contributed by atoms with Gasteiger partial charge in [-0.3, -0.25) is 0 Å². The molecule has 0 aromatic rings. The van der Waals surface area contributed by atoms with Gasteiger partial charge in [-0.2, -0.15) is 0 Å². The molecule has 1 saturated heterocycles. The molecule has 96 valence electrons. The van der Waals surface area contributed by atoms with Gasteiger partial charge in [0.1, 0.15) is 0 Å². The number of likely N-dealkylation sites (tertiary alicyclic amines) is 1. The van der Waals surface area contributed by atoms with Gasteiger partial charge in [-0.25, -0.2) is 0 Å². The second-order valence-corrected chi connectivity index (χ2v) is 4.57. The zero-order valence-corrected chi connectivity index (χ0v) is 10.9. The number of nitrogens with one attached hydrogen (secondary N) is 1. The highest BCUT2D eigenvalue weighted by atomic mass is 16.7. The Bertz CT molecular complexity index is 168. The molecule has 4 nitrogen and oxygen atoms in total. The topological polar surface area (TPSA) is 33.7 Å². The first-order valence-electron chi connectivity index (χ1n) is 6.27. The van der Waals surface area contributed by atoms with Crippen molar-refractivity contribution in [3.05, 3.63) is 0 Å². The van der Waals surface area contributed by atoms with E-state index in [4.69, 9.17) is 9.47 Å². The molecule has 16 heavy (non-hydrogen) atoms. The van der Waals surface area contributed by atoms with Crippen molar-refractivity contribution in [1.82, 2.24) is 10.2 Å². The van der Waals surface area contributed by atoms with E-state index in [1.807, 2.05) is 0 Å². The fraction of sp³-hybridized carbons (Fsp3) is 1.00. The summed E-state index contributed by atoms with van der Waals surface area (Å²) in [6, 6.07) is 0.492. The van der Waals surface area contributed by atoms with Crippen LogP contribution in [0, 0.1) is 0 Å². The maximum atomic E-state index is 5.14. The second kappa shape index (κ2) is 8.01. The minimum absolute atomic E-state index is 0.135. The smallest absolute Gasteiger partial charge is 0.169 e. The van der Waals surface area contributed by atoms with E-state index >= 15 is 0 Å². The van der Waals surface area contributed by atoms with E-state index in [-0.39, 0.29) is 6.29 Å². The Labute approximate surface area is 99.3 Å². The monoisotopic (exact) mass is 230 g/mol. The standard InChI is InChI=1S/C12H26N2O2/c1-11(13-9-12(15-2)16-3)10-14-7-5-4-6-8-14/h11-13H,4-10H2,1-3H3. The minimum Gasteiger partial charge on any atom is -0.355 e. The molecule has 1 fully saturated rings. The molecule has 0 aromatic carbocycles. The van der Waals surface area contributed by atoms with Crippen molar-refractivity contribution in [1.29, 1.82) is 0 Å². The number of methoxy groups -OCH3 is 2. The Hall–Kier alpha value is -0.160. The molecule has 1 rings (SSSR count). The van der Waals surface area contributed by atoms with Gasteiger partial charge in [0.2, 0.25) is 0 Å². The summed E-state index contributed by atoms with van der Waals surface area (Å²) >= 11 is 0. The van der Waals surface area contributed by atoms with Gasteiger partial charge in [-0.15, -0.1) is 0 Å². The summed E-state index contributed by atoms with van der Waals surface area (Å²) in [5, 5.41) is 3.44. The fourth-order valence-electron chi connectivity index (χ4n) is 2.15. The molecule has 1 N–H and O–H groups in total. The second-order valence-electron chi connectivity index (χ2n) is 4.57. The predicted octanol–water partition coefficient (Wildman–Crippen LogP) is 1.07. The maximum absolute atomic E-state index is 5.14.